The summed E-state index contributed by atoms with van der Waals surface area (Å²) in [6.07, 6.45) is 0.858. The van der Waals surface area contributed by atoms with Crippen molar-refractivity contribution in [2.24, 2.45) is 0 Å². The van der Waals surface area contributed by atoms with Crippen molar-refractivity contribution in [2.45, 2.75) is 26.3 Å². The maximum Gasteiger partial charge on any atom is 0.300 e. The van der Waals surface area contributed by atoms with Gasteiger partial charge in [-0.1, -0.05) is 61.0 Å². The van der Waals surface area contributed by atoms with Crippen molar-refractivity contribution in [2.75, 3.05) is 4.90 Å². The smallest absolute Gasteiger partial charge is 0.300 e. The van der Waals surface area contributed by atoms with Gasteiger partial charge in [-0.25, -0.2) is 0 Å². The number of nitrogens with one attached hydrogen (secondary N) is 1. The topological polar surface area (TPSA) is 73.4 Å². The molecular weight excluding hydrogens is 448 g/mol. The molecule has 1 aromatic heterocycles. The second kappa shape index (κ2) is 8.50. The molecule has 1 unspecified atom stereocenters. The summed E-state index contributed by atoms with van der Waals surface area (Å²) in [5.41, 5.74) is 4.69. The number of H-pyrrole nitrogens is 1. The van der Waals surface area contributed by atoms with Crippen molar-refractivity contribution < 1.29 is 14.7 Å². The fraction of sp³-hybridized carbons (Fsp3) is 0.143. The number of anilines is 1. The van der Waals surface area contributed by atoms with Crippen LogP contribution in [0.5, 0.6) is 0 Å². The number of aromatic nitrogens is 1. The fourth-order valence-electron chi connectivity index (χ4n) is 4.68. The normalized spacial score (nSPS) is 17.6. The number of nitrogens with zero attached hydrogens (tertiary/aromatic N) is 1. The molecule has 1 atom stereocenters. The number of rotatable bonds is 4. The van der Waals surface area contributed by atoms with Crippen molar-refractivity contribution in [3.05, 3.63) is 106 Å². The van der Waals surface area contributed by atoms with Crippen LogP contribution in [-0.2, 0) is 16.0 Å². The lowest BCUT2D eigenvalue weighted by atomic mass is 9.93. The number of fused-ring (bicyclic) bond motifs is 1. The number of carbonyl (C=O) groups excluding carboxylic acids is 2. The number of carbonyl (C=O) groups is 2. The molecule has 170 valence electrons. The lowest BCUT2D eigenvalue weighted by molar-refractivity contribution is -0.132. The molecule has 0 radical (unpaired) electrons. The van der Waals surface area contributed by atoms with Crippen LogP contribution in [0.1, 0.15) is 35.3 Å². The van der Waals surface area contributed by atoms with Gasteiger partial charge in [0.15, 0.2) is 0 Å². The van der Waals surface area contributed by atoms with E-state index in [1.54, 1.807) is 36.4 Å². The Hall–Kier alpha value is -3.83. The highest BCUT2D eigenvalue weighted by Crippen LogP contribution is 2.45. The van der Waals surface area contributed by atoms with Crippen LogP contribution in [0, 0.1) is 6.92 Å². The maximum absolute atomic E-state index is 13.4. The number of hydrogen-bond donors (Lipinski definition) is 2. The van der Waals surface area contributed by atoms with Crippen LogP contribution in [0.15, 0.2) is 78.4 Å². The Morgan fingerprint density at radius 3 is 2.35 bits per heavy atom. The lowest BCUT2D eigenvalue weighted by Gasteiger charge is -2.26. The summed E-state index contributed by atoms with van der Waals surface area (Å²) >= 11 is 6.08. The summed E-state index contributed by atoms with van der Waals surface area (Å²) in [5, 5.41) is 12.8. The van der Waals surface area contributed by atoms with Crippen molar-refractivity contribution in [3.8, 4) is 0 Å². The Balaban J connectivity index is 1.78. The Morgan fingerprint density at radius 2 is 1.68 bits per heavy atom. The third-order valence-corrected chi connectivity index (χ3v) is 6.65. The van der Waals surface area contributed by atoms with Gasteiger partial charge in [-0.05, 0) is 49.2 Å². The fourth-order valence-corrected chi connectivity index (χ4v) is 4.80. The molecule has 2 heterocycles. The molecule has 34 heavy (non-hydrogen) atoms. The van der Waals surface area contributed by atoms with Crippen molar-refractivity contribution >= 4 is 45.6 Å². The molecule has 0 saturated carbocycles. The molecule has 1 aliphatic heterocycles. The van der Waals surface area contributed by atoms with Gasteiger partial charge in [0.25, 0.3) is 11.7 Å². The highest BCUT2D eigenvalue weighted by molar-refractivity contribution is 6.52. The average Bonchev–Trinajstić information content (AvgIpc) is 3.31. The third kappa shape index (κ3) is 3.49. The van der Waals surface area contributed by atoms with Gasteiger partial charge in [-0.3, -0.25) is 14.5 Å². The summed E-state index contributed by atoms with van der Waals surface area (Å²) in [6, 6.07) is 21.1. The number of aromatic amines is 1. The van der Waals surface area contributed by atoms with Crippen LogP contribution in [0.2, 0.25) is 5.02 Å². The third-order valence-electron chi connectivity index (χ3n) is 6.40. The molecule has 1 saturated heterocycles. The number of para-hydroxylation sites is 1. The standard InChI is InChI=1S/C28H23ClN2O3/c1-3-17-8-10-18(11-9-17)26(32)24-25(23-16(2)30-22-7-5-4-6-21(22)23)31(28(34)27(24)33)20-14-12-19(29)13-15-20/h4-15,25,30,32H,3H2,1-2H3/b26-24+. The largest absolute Gasteiger partial charge is 0.507 e. The number of aliphatic hydroxyl groups excluding tert-OH is 1. The van der Waals surface area contributed by atoms with E-state index in [0.29, 0.717) is 16.3 Å². The molecule has 2 N–H and O–H groups in total. The molecular formula is C28H23ClN2O3. The Morgan fingerprint density at radius 1 is 1.00 bits per heavy atom. The summed E-state index contributed by atoms with van der Waals surface area (Å²) in [7, 11) is 0. The van der Waals surface area contributed by atoms with Crippen LogP contribution in [0.3, 0.4) is 0 Å². The van der Waals surface area contributed by atoms with Crippen molar-refractivity contribution in [1.82, 2.24) is 4.98 Å². The van der Waals surface area contributed by atoms with Gasteiger partial charge in [0.1, 0.15) is 5.76 Å². The molecule has 5 rings (SSSR count). The molecule has 4 aromatic rings. The van der Waals surface area contributed by atoms with E-state index in [0.717, 1.165) is 34.1 Å². The molecule has 0 aliphatic carbocycles. The number of halogens is 1. The van der Waals surface area contributed by atoms with Gasteiger partial charge in [-0.2, -0.15) is 0 Å². The molecule has 1 amide bonds. The second-order valence-electron chi connectivity index (χ2n) is 8.41. The summed E-state index contributed by atoms with van der Waals surface area (Å²) in [5.74, 6) is -1.60. The zero-order valence-corrected chi connectivity index (χ0v) is 19.6. The van der Waals surface area contributed by atoms with E-state index >= 15 is 0 Å². The van der Waals surface area contributed by atoms with Gasteiger partial charge in [-0.15, -0.1) is 0 Å². The van der Waals surface area contributed by atoms with E-state index in [4.69, 9.17) is 11.6 Å². The van der Waals surface area contributed by atoms with Crippen molar-refractivity contribution in [3.63, 3.8) is 0 Å². The Bertz CT molecular complexity index is 1450. The predicted octanol–water partition coefficient (Wildman–Crippen LogP) is 6.32. The van der Waals surface area contributed by atoms with Crippen LogP contribution in [-0.4, -0.2) is 21.8 Å². The monoisotopic (exact) mass is 470 g/mol. The first-order valence-corrected chi connectivity index (χ1v) is 11.5. The average molecular weight is 471 g/mol. The van der Waals surface area contributed by atoms with E-state index < -0.39 is 17.7 Å². The SMILES string of the molecule is CCc1ccc(/C(O)=C2\C(=O)C(=O)N(c3ccc(Cl)cc3)C2c2c(C)[nH]c3ccccc23)cc1. The zero-order valence-electron chi connectivity index (χ0n) is 18.8. The first-order chi connectivity index (χ1) is 16.4. The van der Waals surface area contributed by atoms with E-state index in [-0.39, 0.29) is 11.3 Å². The van der Waals surface area contributed by atoms with E-state index in [9.17, 15) is 14.7 Å². The minimum atomic E-state index is -0.803. The molecule has 0 spiro atoms. The number of amides is 1. The molecule has 1 fully saturated rings. The summed E-state index contributed by atoms with van der Waals surface area (Å²) < 4.78 is 0. The highest BCUT2D eigenvalue weighted by Gasteiger charge is 2.48. The first-order valence-electron chi connectivity index (χ1n) is 11.1. The van der Waals surface area contributed by atoms with Crippen LogP contribution < -0.4 is 4.90 Å². The minimum absolute atomic E-state index is 0.0667. The maximum atomic E-state index is 13.4. The van der Waals surface area contributed by atoms with Crippen LogP contribution in [0.4, 0.5) is 5.69 Å². The number of Topliss-reactive ketones (excluding diaryl/α,β-unsaturated/α-hetero) is 1. The number of ketones is 1. The summed E-state index contributed by atoms with van der Waals surface area (Å²) in [6.45, 7) is 3.96. The van der Waals surface area contributed by atoms with Gasteiger partial charge in [0.05, 0.1) is 11.6 Å². The molecule has 5 nitrogen and oxygen atoms in total. The lowest BCUT2D eigenvalue weighted by Crippen LogP contribution is -2.29. The number of aliphatic hydroxyl groups is 1. The second-order valence-corrected chi connectivity index (χ2v) is 8.84. The zero-order chi connectivity index (χ0) is 24.0. The van der Waals surface area contributed by atoms with Gasteiger partial charge >= 0.3 is 0 Å². The van der Waals surface area contributed by atoms with E-state index in [2.05, 4.69) is 4.98 Å². The summed E-state index contributed by atoms with van der Waals surface area (Å²) in [4.78, 5) is 31.6. The van der Waals surface area contributed by atoms with Gasteiger partial charge in [0, 0.05) is 38.4 Å². The van der Waals surface area contributed by atoms with Gasteiger partial charge < -0.3 is 10.1 Å². The van der Waals surface area contributed by atoms with Crippen molar-refractivity contribution in [1.29, 1.82) is 0 Å². The Labute approximate surface area is 202 Å². The first kappa shape index (κ1) is 22.0. The molecule has 1 aliphatic rings. The molecule has 6 heteroatoms. The van der Waals surface area contributed by atoms with Crippen LogP contribution in [0.25, 0.3) is 16.7 Å². The number of benzene rings is 3. The minimum Gasteiger partial charge on any atom is -0.507 e. The molecule has 0 bridgehead atoms. The number of hydrogen-bond acceptors (Lipinski definition) is 3. The Kier molecular flexibility index (Phi) is 5.50. The van der Waals surface area contributed by atoms with E-state index in [1.165, 1.54) is 4.90 Å². The highest BCUT2D eigenvalue weighted by atomic mass is 35.5. The van der Waals surface area contributed by atoms with E-state index in [1.807, 2.05) is 50.2 Å². The molecule has 3 aromatic carbocycles. The van der Waals surface area contributed by atoms with Gasteiger partial charge in [0.2, 0.25) is 0 Å². The number of aryl methyl sites for hydroxylation is 2. The predicted molar refractivity (Wildman–Crippen MR) is 135 cm³/mol. The quantitative estimate of drug-likeness (QED) is 0.208. The van der Waals surface area contributed by atoms with Crippen LogP contribution >= 0.6 is 11.6 Å².